The van der Waals surface area contributed by atoms with Gasteiger partial charge >= 0.3 is 12.1 Å². The highest BCUT2D eigenvalue weighted by molar-refractivity contribution is 7.80. The average Bonchev–Trinajstić information content (AvgIpc) is 3.32. The second kappa shape index (κ2) is 7.78. The third-order valence-corrected chi connectivity index (χ3v) is 6.35. The summed E-state index contributed by atoms with van der Waals surface area (Å²) in [5, 5.41) is 0. The smallest absolute Gasteiger partial charge is 0.411 e. The molecule has 5 nitrogen and oxygen atoms in total. The van der Waals surface area contributed by atoms with Crippen molar-refractivity contribution >= 4 is 24.7 Å². The fraction of sp³-hybridized carbons (Fsp3) is 0.200. The number of thiol groups is 1. The van der Waals surface area contributed by atoms with E-state index < -0.39 is 18.1 Å². The molecule has 0 aromatic heterocycles. The van der Waals surface area contributed by atoms with Crippen molar-refractivity contribution in [3.8, 4) is 11.1 Å². The standard InChI is InChI=1S/C25H21NO4S/c1-29-24(27)23-17-11-10-16(31)12-15(17)13-26(23)25(28)30-14-22-20-8-4-2-6-18(20)19-7-3-5-9-21(19)22/h2-12,22-23,31H,13-14H2,1H3. The molecule has 3 aromatic rings. The zero-order chi connectivity index (χ0) is 21.5. The molecule has 0 saturated heterocycles. The molecule has 5 rings (SSSR count). The fourth-order valence-electron chi connectivity index (χ4n) is 4.65. The predicted molar refractivity (Wildman–Crippen MR) is 119 cm³/mol. The van der Waals surface area contributed by atoms with E-state index in [1.165, 1.54) is 23.1 Å². The van der Waals surface area contributed by atoms with Crippen LogP contribution in [0.3, 0.4) is 0 Å². The largest absolute Gasteiger partial charge is 0.467 e. The van der Waals surface area contributed by atoms with Crippen LogP contribution in [0.2, 0.25) is 0 Å². The highest BCUT2D eigenvalue weighted by Gasteiger charge is 2.41. The highest BCUT2D eigenvalue weighted by atomic mass is 32.1. The number of esters is 1. The molecule has 1 aliphatic heterocycles. The maximum absolute atomic E-state index is 13.1. The minimum Gasteiger partial charge on any atom is -0.467 e. The minimum absolute atomic E-state index is 0.0399. The first-order chi connectivity index (χ1) is 15.1. The first-order valence-corrected chi connectivity index (χ1v) is 10.5. The number of fused-ring (bicyclic) bond motifs is 4. The van der Waals surface area contributed by atoms with E-state index in [-0.39, 0.29) is 19.1 Å². The number of amides is 1. The Morgan fingerprint density at radius 1 is 0.968 bits per heavy atom. The SMILES string of the molecule is COC(=O)C1c2ccc(S)cc2CN1C(=O)OCC1c2ccccc2-c2ccccc21. The predicted octanol–water partition coefficient (Wildman–Crippen LogP) is 4.95. The number of nitrogens with zero attached hydrogens (tertiary/aromatic N) is 1. The van der Waals surface area contributed by atoms with Crippen molar-refractivity contribution in [2.24, 2.45) is 0 Å². The first-order valence-electron chi connectivity index (χ1n) is 10.1. The second-order valence-corrected chi connectivity index (χ2v) is 8.26. The minimum atomic E-state index is -0.815. The summed E-state index contributed by atoms with van der Waals surface area (Å²) in [4.78, 5) is 27.8. The summed E-state index contributed by atoms with van der Waals surface area (Å²) in [5.41, 5.74) is 6.24. The topological polar surface area (TPSA) is 55.8 Å². The molecular formula is C25H21NO4S. The van der Waals surface area contributed by atoms with Gasteiger partial charge in [-0.05, 0) is 45.5 Å². The van der Waals surface area contributed by atoms with Gasteiger partial charge in [-0.15, -0.1) is 12.6 Å². The molecule has 31 heavy (non-hydrogen) atoms. The summed E-state index contributed by atoms with van der Waals surface area (Å²) < 4.78 is 10.7. The number of hydrogen-bond donors (Lipinski definition) is 1. The molecule has 0 bridgehead atoms. The number of ether oxygens (including phenoxy) is 2. The quantitative estimate of drug-likeness (QED) is 0.471. The van der Waals surface area contributed by atoms with Gasteiger partial charge in [0.05, 0.1) is 13.7 Å². The molecule has 1 unspecified atom stereocenters. The van der Waals surface area contributed by atoms with Crippen molar-refractivity contribution in [2.75, 3.05) is 13.7 Å². The molecule has 156 valence electrons. The fourth-order valence-corrected chi connectivity index (χ4v) is 4.88. The lowest BCUT2D eigenvalue weighted by molar-refractivity contribution is -0.146. The van der Waals surface area contributed by atoms with Gasteiger partial charge in [-0.3, -0.25) is 4.90 Å². The van der Waals surface area contributed by atoms with Gasteiger partial charge < -0.3 is 9.47 Å². The van der Waals surface area contributed by atoms with Crippen LogP contribution in [0.25, 0.3) is 11.1 Å². The van der Waals surface area contributed by atoms with E-state index in [9.17, 15) is 9.59 Å². The molecule has 2 aliphatic rings. The molecule has 1 heterocycles. The van der Waals surface area contributed by atoms with Gasteiger partial charge in [0.2, 0.25) is 0 Å². The van der Waals surface area contributed by atoms with Gasteiger partial charge in [-0.25, -0.2) is 9.59 Å². The number of hydrogen-bond acceptors (Lipinski definition) is 5. The van der Waals surface area contributed by atoms with Crippen LogP contribution in [0.1, 0.15) is 34.2 Å². The zero-order valence-electron chi connectivity index (χ0n) is 16.9. The van der Waals surface area contributed by atoms with Crippen molar-refractivity contribution < 1.29 is 19.1 Å². The molecule has 0 saturated carbocycles. The van der Waals surface area contributed by atoms with Crippen molar-refractivity contribution in [3.63, 3.8) is 0 Å². The van der Waals surface area contributed by atoms with Crippen molar-refractivity contribution in [1.29, 1.82) is 0 Å². The van der Waals surface area contributed by atoms with Crippen molar-refractivity contribution in [1.82, 2.24) is 4.90 Å². The van der Waals surface area contributed by atoms with E-state index in [0.717, 1.165) is 27.1 Å². The molecular weight excluding hydrogens is 410 g/mol. The van der Waals surface area contributed by atoms with Gasteiger partial charge in [0, 0.05) is 10.8 Å². The van der Waals surface area contributed by atoms with Gasteiger partial charge in [-0.1, -0.05) is 54.6 Å². The van der Waals surface area contributed by atoms with Crippen LogP contribution in [0.4, 0.5) is 4.79 Å². The Bertz CT molecular complexity index is 1150. The maximum atomic E-state index is 13.1. The van der Waals surface area contributed by atoms with Crippen LogP contribution in [-0.2, 0) is 20.8 Å². The summed E-state index contributed by atoms with van der Waals surface area (Å²) >= 11 is 4.37. The second-order valence-electron chi connectivity index (χ2n) is 7.74. The van der Waals surface area contributed by atoms with Crippen LogP contribution in [-0.4, -0.2) is 30.7 Å². The number of rotatable bonds is 3. The lowest BCUT2D eigenvalue weighted by Gasteiger charge is -2.24. The summed E-state index contributed by atoms with van der Waals surface area (Å²) in [7, 11) is 1.32. The molecule has 3 aromatic carbocycles. The summed E-state index contributed by atoms with van der Waals surface area (Å²) in [6.45, 7) is 0.478. The van der Waals surface area contributed by atoms with E-state index >= 15 is 0 Å². The Morgan fingerprint density at radius 2 is 1.61 bits per heavy atom. The number of methoxy groups -OCH3 is 1. The highest BCUT2D eigenvalue weighted by Crippen LogP contribution is 2.45. The molecule has 0 fully saturated rings. The molecule has 0 N–H and O–H groups in total. The molecule has 1 amide bonds. The summed E-state index contributed by atoms with van der Waals surface area (Å²) in [6.07, 6.45) is -0.533. The van der Waals surface area contributed by atoms with Crippen LogP contribution in [0.15, 0.2) is 71.6 Å². The van der Waals surface area contributed by atoms with E-state index in [4.69, 9.17) is 9.47 Å². The molecule has 1 atom stereocenters. The lowest BCUT2D eigenvalue weighted by atomic mass is 9.98. The number of benzene rings is 3. The molecule has 0 radical (unpaired) electrons. The van der Waals surface area contributed by atoms with E-state index in [0.29, 0.717) is 0 Å². The summed E-state index contributed by atoms with van der Waals surface area (Å²) in [6, 6.07) is 21.0. The van der Waals surface area contributed by atoms with E-state index in [2.05, 4.69) is 36.9 Å². The molecule has 6 heteroatoms. The number of carbonyl (C=O) groups excluding carboxylic acids is 2. The number of carbonyl (C=O) groups is 2. The van der Waals surface area contributed by atoms with Crippen LogP contribution < -0.4 is 0 Å². The van der Waals surface area contributed by atoms with Crippen molar-refractivity contribution in [3.05, 3.63) is 89.0 Å². The molecule has 0 spiro atoms. The Labute approximate surface area is 186 Å². The zero-order valence-corrected chi connectivity index (χ0v) is 17.8. The Balaban J connectivity index is 1.39. The van der Waals surface area contributed by atoms with Gasteiger partial charge in [-0.2, -0.15) is 0 Å². The van der Waals surface area contributed by atoms with Gasteiger partial charge in [0.1, 0.15) is 6.61 Å². The van der Waals surface area contributed by atoms with Crippen LogP contribution in [0.5, 0.6) is 0 Å². The van der Waals surface area contributed by atoms with Crippen LogP contribution in [0, 0.1) is 0 Å². The average molecular weight is 432 g/mol. The Hall–Kier alpha value is -3.25. The summed E-state index contributed by atoms with van der Waals surface area (Å²) in [5.74, 6) is -0.527. The first kappa shape index (κ1) is 19.7. The third-order valence-electron chi connectivity index (χ3n) is 6.07. The monoisotopic (exact) mass is 431 g/mol. The van der Waals surface area contributed by atoms with Crippen molar-refractivity contribution in [2.45, 2.75) is 23.4 Å². The Morgan fingerprint density at radius 3 is 2.26 bits per heavy atom. The van der Waals surface area contributed by atoms with Gasteiger partial charge in [0.25, 0.3) is 0 Å². The van der Waals surface area contributed by atoms with E-state index in [1.807, 2.05) is 36.4 Å². The maximum Gasteiger partial charge on any atom is 0.411 e. The van der Waals surface area contributed by atoms with Gasteiger partial charge in [0.15, 0.2) is 6.04 Å². The third kappa shape index (κ3) is 3.27. The van der Waals surface area contributed by atoms with Crippen LogP contribution >= 0.6 is 12.6 Å². The lowest BCUT2D eigenvalue weighted by Crippen LogP contribution is -2.35. The molecule has 1 aliphatic carbocycles. The normalized spacial score (nSPS) is 16.5. The Kier molecular flexibility index (Phi) is 4.94. The van der Waals surface area contributed by atoms with E-state index in [1.54, 1.807) is 6.07 Å².